The largest absolute Gasteiger partial charge is 0.480 e. The van der Waals surface area contributed by atoms with Crippen LogP contribution in [0.1, 0.15) is 28.2 Å². The van der Waals surface area contributed by atoms with Crippen molar-refractivity contribution in [2.75, 3.05) is 6.61 Å². The number of rotatable bonds is 7. The SMILES string of the molecule is Cc1ccccc1-c1ccc(C[C@H](NC(=O)OCC2c3ccccc3-c3ccccc32)C(=O)O)cc1. The fourth-order valence-electron chi connectivity index (χ4n) is 4.94. The van der Waals surface area contributed by atoms with Gasteiger partial charge in [0.15, 0.2) is 0 Å². The minimum Gasteiger partial charge on any atom is -0.480 e. The fraction of sp³-hybridized carbons (Fsp3) is 0.161. The molecule has 0 saturated carbocycles. The third kappa shape index (κ3) is 4.73. The number of hydrogen-bond acceptors (Lipinski definition) is 3. The number of aryl methyl sites for hydroxylation is 1. The van der Waals surface area contributed by atoms with Gasteiger partial charge in [0.1, 0.15) is 12.6 Å². The van der Waals surface area contributed by atoms with Crippen molar-refractivity contribution in [3.63, 3.8) is 0 Å². The summed E-state index contributed by atoms with van der Waals surface area (Å²) in [5.74, 6) is -1.19. The number of alkyl carbamates (subject to hydrolysis) is 1. The summed E-state index contributed by atoms with van der Waals surface area (Å²) in [6.07, 6.45) is -0.575. The highest BCUT2D eigenvalue weighted by molar-refractivity contribution is 5.81. The minimum absolute atomic E-state index is 0.0829. The monoisotopic (exact) mass is 477 g/mol. The first-order valence-electron chi connectivity index (χ1n) is 12.0. The summed E-state index contributed by atoms with van der Waals surface area (Å²) in [5.41, 5.74) is 8.68. The van der Waals surface area contributed by atoms with Crippen LogP contribution in [0, 0.1) is 6.92 Å². The molecule has 180 valence electrons. The van der Waals surface area contributed by atoms with Crippen LogP contribution in [0.2, 0.25) is 0 Å². The molecule has 1 amide bonds. The Morgan fingerprint density at radius 1 is 0.806 bits per heavy atom. The van der Waals surface area contributed by atoms with E-state index in [1.807, 2.05) is 72.8 Å². The van der Waals surface area contributed by atoms with Crippen LogP contribution >= 0.6 is 0 Å². The van der Waals surface area contributed by atoms with Gasteiger partial charge in [0.05, 0.1) is 0 Å². The number of carboxylic acids is 1. The Kier molecular flexibility index (Phi) is 6.54. The lowest BCUT2D eigenvalue weighted by atomic mass is 9.98. The standard InChI is InChI=1S/C31H27NO4/c1-20-8-2-3-9-23(20)22-16-14-21(15-17-22)18-29(30(33)34)32-31(35)36-19-28-26-12-6-4-10-24(26)25-11-5-7-13-27(25)28/h2-17,28-29H,18-19H2,1H3,(H,32,35)(H,33,34)/t29-/m0/s1. The average molecular weight is 478 g/mol. The van der Waals surface area contributed by atoms with E-state index in [1.165, 1.54) is 5.56 Å². The van der Waals surface area contributed by atoms with Crippen LogP contribution in [0.5, 0.6) is 0 Å². The Morgan fingerprint density at radius 2 is 1.36 bits per heavy atom. The quantitative estimate of drug-likeness (QED) is 0.332. The van der Waals surface area contributed by atoms with E-state index in [9.17, 15) is 14.7 Å². The minimum atomic E-state index is -1.11. The second-order valence-corrected chi connectivity index (χ2v) is 9.08. The van der Waals surface area contributed by atoms with E-state index >= 15 is 0 Å². The third-order valence-corrected chi connectivity index (χ3v) is 6.78. The van der Waals surface area contributed by atoms with Gasteiger partial charge in [0, 0.05) is 12.3 Å². The molecule has 2 N–H and O–H groups in total. The van der Waals surface area contributed by atoms with Gasteiger partial charge in [-0.25, -0.2) is 9.59 Å². The van der Waals surface area contributed by atoms with Crippen LogP contribution in [-0.4, -0.2) is 29.8 Å². The van der Waals surface area contributed by atoms with Crippen molar-refractivity contribution in [3.05, 3.63) is 119 Å². The number of hydrogen-bond donors (Lipinski definition) is 2. The van der Waals surface area contributed by atoms with Crippen molar-refractivity contribution < 1.29 is 19.4 Å². The van der Waals surface area contributed by atoms with Crippen molar-refractivity contribution in [3.8, 4) is 22.3 Å². The van der Waals surface area contributed by atoms with Crippen LogP contribution in [-0.2, 0) is 16.0 Å². The molecule has 5 heteroatoms. The summed E-state index contributed by atoms with van der Waals surface area (Å²) in [6.45, 7) is 2.19. The van der Waals surface area contributed by atoms with Gasteiger partial charge < -0.3 is 15.2 Å². The second kappa shape index (κ2) is 10.1. The molecule has 36 heavy (non-hydrogen) atoms. The highest BCUT2D eigenvalue weighted by Crippen LogP contribution is 2.44. The molecule has 1 aliphatic carbocycles. The zero-order valence-corrected chi connectivity index (χ0v) is 20.0. The van der Waals surface area contributed by atoms with Crippen LogP contribution in [0.25, 0.3) is 22.3 Å². The van der Waals surface area contributed by atoms with Gasteiger partial charge in [-0.3, -0.25) is 0 Å². The zero-order valence-electron chi connectivity index (χ0n) is 20.0. The molecule has 0 radical (unpaired) electrons. The summed E-state index contributed by atoms with van der Waals surface area (Å²) in [5, 5.41) is 12.3. The van der Waals surface area contributed by atoms with Gasteiger partial charge >= 0.3 is 12.1 Å². The Balaban J connectivity index is 1.23. The molecule has 4 aromatic carbocycles. The molecule has 0 fully saturated rings. The summed E-state index contributed by atoms with van der Waals surface area (Å²) in [4.78, 5) is 24.5. The first-order chi connectivity index (χ1) is 17.5. The van der Waals surface area contributed by atoms with Crippen molar-refractivity contribution in [1.29, 1.82) is 0 Å². The van der Waals surface area contributed by atoms with Crippen molar-refractivity contribution in [2.24, 2.45) is 0 Å². The maximum Gasteiger partial charge on any atom is 0.407 e. The number of carboxylic acid groups (broad SMARTS) is 1. The first kappa shape index (κ1) is 23.4. The highest BCUT2D eigenvalue weighted by Gasteiger charge is 2.29. The maximum absolute atomic E-state index is 12.6. The molecule has 0 spiro atoms. The van der Waals surface area contributed by atoms with Crippen LogP contribution < -0.4 is 5.32 Å². The predicted octanol–water partition coefficient (Wildman–Crippen LogP) is 6.20. The zero-order chi connectivity index (χ0) is 25.1. The van der Waals surface area contributed by atoms with Gasteiger partial charge in [0.25, 0.3) is 0 Å². The lowest BCUT2D eigenvalue weighted by molar-refractivity contribution is -0.139. The van der Waals surface area contributed by atoms with Crippen molar-refractivity contribution in [1.82, 2.24) is 5.32 Å². The molecular formula is C31H27NO4. The molecule has 5 rings (SSSR count). The molecule has 5 nitrogen and oxygen atoms in total. The van der Waals surface area contributed by atoms with Crippen LogP contribution in [0.15, 0.2) is 97.1 Å². The number of carbonyl (C=O) groups excluding carboxylic acids is 1. The highest BCUT2D eigenvalue weighted by atomic mass is 16.5. The normalized spacial score (nSPS) is 12.9. The summed E-state index contributed by atoms with van der Waals surface area (Å²) < 4.78 is 5.53. The van der Waals surface area contributed by atoms with E-state index < -0.39 is 18.1 Å². The van der Waals surface area contributed by atoms with Crippen LogP contribution in [0.4, 0.5) is 4.79 Å². The number of carbonyl (C=O) groups is 2. The maximum atomic E-state index is 12.6. The Bertz CT molecular complexity index is 1360. The van der Waals surface area contributed by atoms with E-state index in [1.54, 1.807) is 0 Å². The summed E-state index contributed by atoms with van der Waals surface area (Å²) >= 11 is 0. The third-order valence-electron chi connectivity index (χ3n) is 6.78. The van der Waals surface area contributed by atoms with Gasteiger partial charge in [-0.2, -0.15) is 0 Å². The molecule has 1 aliphatic rings. The molecule has 0 heterocycles. The lowest BCUT2D eigenvalue weighted by Gasteiger charge is -2.18. The van der Waals surface area contributed by atoms with E-state index in [2.05, 4.69) is 36.5 Å². The predicted molar refractivity (Wildman–Crippen MR) is 140 cm³/mol. The van der Waals surface area contributed by atoms with Crippen LogP contribution in [0.3, 0.4) is 0 Å². The average Bonchev–Trinajstić information content (AvgIpc) is 3.21. The van der Waals surface area contributed by atoms with E-state index in [4.69, 9.17) is 4.74 Å². The molecule has 0 unspecified atom stereocenters. The molecule has 0 bridgehead atoms. The van der Waals surface area contributed by atoms with E-state index in [0.29, 0.717) is 0 Å². The molecule has 0 aromatic heterocycles. The Hall–Kier alpha value is -4.38. The number of benzene rings is 4. The van der Waals surface area contributed by atoms with Gasteiger partial charge in [-0.1, -0.05) is 97.1 Å². The smallest absolute Gasteiger partial charge is 0.407 e. The number of ether oxygens (including phenoxy) is 1. The number of aliphatic carboxylic acids is 1. The first-order valence-corrected chi connectivity index (χ1v) is 12.0. The Labute approximate surface area is 210 Å². The topological polar surface area (TPSA) is 75.6 Å². The van der Waals surface area contributed by atoms with Gasteiger partial charge in [-0.15, -0.1) is 0 Å². The molecule has 4 aromatic rings. The number of nitrogens with one attached hydrogen (secondary N) is 1. The molecule has 1 atom stereocenters. The summed E-state index contributed by atoms with van der Waals surface area (Å²) in [6, 6.07) is 30.9. The summed E-state index contributed by atoms with van der Waals surface area (Å²) in [7, 11) is 0. The number of amides is 1. The fourth-order valence-corrected chi connectivity index (χ4v) is 4.94. The molecular weight excluding hydrogens is 450 g/mol. The van der Waals surface area contributed by atoms with E-state index in [0.717, 1.165) is 38.9 Å². The van der Waals surface area contributed by atoms with Crippen molar-refractivity contribution >= 4 is 12.1 Å². The molecule has 0 aliphatic heterocycles. The second-order valence-electron chi connectivity index (χ2n) is 9.08. The van der Waals surface area contributed by atoms with Gasteiger partial charge in [0.2, 0.25) is 0 Å². The Morgan fingerprint density at radius 3 is 1.94 bits per heavy atom. The van der Waals surface area contributed by atoms with Gasteiger partial charge in [-0.05, 0) is 51.4 Å². The number of fused-ring (bicyclic) bond motifs is 3. The van der Waals surface area contributed by atoms with Crippen molar-refractivity contribution in [2.45, 2.75) is 25.3 Å². The lowest BCUT2D eigenvalue weighted by Crippen LogP contribution is -2.42. The van der Waals surface area contributed by atoms with E-state index in [-0.39, 0.29) is 18.9 Å². The molecule has 0 saturated heterocycles.